The highest BCUT2D eigenvalue weighted by Gasteiger charge is 2.04. The normalized spacial score (nSPS) is 10.4. The van der Waals surface area contributed by atoms with Crippen LogP contribution in [0.15, 0.2) is 59.2 Å². The average molecular weight is 273 g/mol. The molecule has 2 aromatic heterocycles. The van der Waals surface area contributed by atoms with Gasteiger partial charge in [-0.3, -0.25) is 0 Å². The Balaban J connectivity index is 1.85. The van der Waals surface area contributed by atoms with Gasteiger partial charge in [-0.1, -0.05) is 23.7 Å². The molecule has 0 spiro atoms. The number of rotatable bonds is 3. The Hall–Kier alpha value is -2.33. The van der Waals surface area contributed by atoms with Gasteiger partial charge in [0.05, 0.1) is 6.26 Å². The quantitative estimate of drug-likeness (QED) is 0.717. The summed E-state index contributed by atoms with van der Waals surface area (Å²) < 4.78 is 10.9. The maximum absolute atomic E-state index is 5.67. The molecule has 3 aromatic rings. The summed E-state index contributed by atoms with van der Waals surface area (Å²) in [6, 6.07) is 14.6. The summed E-state index contributed by atoms with van der Waals surface area (Å²) in [5, 5.41) is 7.89. The fourth-order valence-electron chi connectivity index (χ4n) is 1.63. The van der Waals surface area contributed by atoms with E-state index in [0.717, 1.165) is 11.3 Å². The van der Waals surface area contributed by atoms with Crippen molar-refractivity contribution in [2.24, 2.45) is 0 Å². The van der Waals surface area contributed by atoms with E-state index in [2.05, 4.69) is 10.2 Å². The summed E-state index contributed by atoms with van der Waals surface area (Å²) in [6.45, 7) is 0. The monoisotopic (exact) mass is 272 g/mol. The summed E-state index contributed by atoms with van der Waals surface area (Å²) in [4.78, 5) is 0. The van der Waals surface area contributed by atoms with Crippen molar-refractivity contribution >= 4 is 11.6 Å². The standard InChI is InChI=1S/C14H9ClN2O2/c15-13-6-7-14(17-16-13)19-11-4-1-3-10(9-11)12-5-2-8-18-12/h1-9H. The molecular weight excluding hydrogens is 264 g/mol. The fourth-order valence-corrected chi connectivity index (χ4v) is 1.74. The van der Waals surface area contributed by atoms with Crippen LogP contribution in [-0.2, 0) is 0 Å². The van der Waals surface area contributed by atoms with Gasteiger partial charge in [-0.05, 0) is 30.3 Å². The summed E-state index contributed by atoms with van der Waals surface area (Å²) in [5.41, 5.74) is 0.935. The molecule has 0 radical (unpaired) electrons. The SMILES string of the molecule is Clc1ccc(Oc2cccc(-c3ccco3)c2)nn1. The lowest BCUT2D eigenvalue weighted by Gasteiger charge is -2.05. The molecular formula is C14H9ClN2O2. The van der Waals surface area contributed by atoms with Gasteiger partial charge in [0.25, 0.3) is 0 Å². The van der Waals surface area contributed by atoms with Crippen LogP contribution in [0.2, 0.25) is 5.15 Å². The number of furan rings is 1. The van der Waals surface area contributed by atoms with E-state index in [1.807, 2.05) is 36.4 Å². The molecule has 5 heteroatoms. The third-order valence-electron chi connectivity index (χ3n) is 2.47. The van der Waals surface area contributed by atoms with Crippen LogP contribution >= 0.6 is 11.6 Å². The van der Waals surface area contributed by atoms with Crippen LogP contribution in [0.4, 0.5) is 0 Å². The molecule has 0 N–H and O–H groups in total. The molecule has 3 rings (SSSR count). The zero-order valence-electron chi connectivity index (χ0n) is 9.79. The van der Waals surface area contributed by atoms with Crippen molar-refractivity contribution in [3.63, 3.8) is 0 Å². The molecule has 0 saturated heterocycles. The Morgan fingerprint density at radius 2 is 1.95 bits per heavy atom. The second kappa shape index (κ2) is 5.12. The van der Waals surface area contributed by atoms with Gasteiger partial charge < -0.3 is 9.15 Å². The van der Waals surface area contributed by atoms with Crippen molar-refractivity contribution in [1.82, 2.24) is 10.2 Å². The number of nitrogens with zero attached hydrogens (tertiary/aromatic N) is 2. The Labute approximate surface area is 114 Å². The smallest absolute Gasteiger partial charge is 0.238 e. The molecule has 0 unspecified atom stereocenters. The van der Waals surface area contributed by atoms with Crippen LogP contribution in [0.5, 0.6) is 11.6 Å². The Morgan fingerprint density at radius 1 is 1.00 bits per heavy atom. The van der Waals surface area contributed by atoms with Crippen LogP contribution < -0.4 is 4.74 Å². The zero-order valence-corrected chi connectivity index (χ0v) is 10.5. The molecule has 0 aliphatic heterocycles. The van der Waals surface area contributed by atoms with Crippen molar-refractivity contribution in [3.8, 4) is 23.0 Å². The maximum Gasteiger partial charge on any atom is 0.238 e. The second-order valence-electron chi connectivity index (χ2n) is 3.80. The molecule has 0 aliphatic carbocycles. The van der Waals surface area contributed by atoms with Gasteiger partial charge in [-0.15, -0.1) is 10.2 Å². The number of ether oxygens (including phenoxy) is 1. The molecule has 4 nitrogen and oxygen atoms in total. The molecule has 2 heterocycles. The molecule has 0 atom stereocenters. The highest BCUT2D eigenvalue weighted by molar-refractivity contribution is 6.29. The minimum Gasteiger partial charge on any atom is -0.464 e. The number of benzene rings is 1. The molecule has 1 aromatic carbocycles. The highest BCUT2D eigenvalue weighted by atomic mass is 35.5. The van der Waals surface area contributed by atoms with E-state index in [-0.39, 0.29) is 0 Å². The van der Waals surface area contributed by atoms with E-state index in [0.29, 0.717) is 16.8 Å². The van der Waals surface area contributed by atoms with E-state index < -0.39 is 0 Å². The van der Waals surface area contributed by atoms with E-state index in [4.69, 9.17) is 20.8 Å². The van der Waals surface area contributed by atoms with Crippen LogP contribution in [-0.4, -0.2) is 10.2 Å². The first-order valence-electron chi connectivity index (χ1n) is 5.62. The van der Waals surface area contributed by atoms with Gasteiger partial charge in [-0.25, -0.2) is 0 Å². The minimum absolute atomic E-state index is 0.330. The van der Waals surface area contributed by atoms with Crippen molar-refractivity contribution in [2.75, 3.05) is 0 Å². The molecule has 0 aliphatic rings. The second-order valence-corrected chi connectivity index (χ2v) is 4.19. The summed E-state index contributed by atoms with van der Waals surface area (Å²) >= 11 is 5.67. The third kappa shape index (κ3) is 2.74. The first kappa shape index (κ1) is 11.7. The van der Waals surface area contributed by atoms with Gasteiger partial charge in [0.1, 0.15) is 11.5 Å². The predicted octanol–water partition coefficient (Wildman–Crippen LogP) is 4.18. The van der Waals surface area contributed by atoms with Crippen LogP contribution in [0.25, 0.3) is 11.3 Å². The Bertz CT molecular complexity index is 666. The Kier molecular flexibility index (Phi) is 3.16. The van der Waals surface area contributed by atoms with Gasteiger partial charge in [0.15, 0.2) is 5.15 Å². The lowest BCUT2D eigenvalue weighted by molar-refractivity contribution is 0.455. The first-order chi connectivity index (χ1) is 9.31. The molecule has 0 fully saturated rings. The van der Waals surface area contributed by atoms with E-state index in [1.54, 1.807) is 18.4 Å². The van der Waals surface area contributed by atoms with Crippen LogP contribution in [0, 0.1) is 0 Å². The van der Waals surface area contributed by atoms with Crippen molar-refractivity contribution in [1.29, 1.82) is 0 Å². The largest absolute Gasteiger partial charge is 0.464 e. The Morgan fingerprint density at radius 3 is 2.68 bits per heavy atom. The van der Waals surface area contributed by atoms with Gasteiger partial charge >= 0.3 is 0 Å². The predicted molar refractivity (Wildman–Crippen MR) is 71.3 cm³/mol. The number of aromatic nitrogens is 2. The number of hydrogen-bond acceptors (Lipinski definition) is 4. The van der Waals surface area contributed by atoms with Crippen LogP contribution in [0.1, 0.15) is 0 Å². The van der Waals surface area contributed by atoms with Gasteiger partial charge in [-0.2, -0.15) is 0 Å². The lowest BCUT2D eigenvalue weighted by atomic mass is 10.2. The molecule has 94 valence electrons. The molecule has 0 amide bonds. The first-order valence-corrected chi connectivity index (χ1v) is 6.00. The minimum atomic E-state index is 0.330. The zero-order chi connectivity index (χ0) is 13.1. The maximum atomic E-state index is 5.67. The summed E-state index contributed by atoms with van der Waals surface area (Å²) in [6.07, 6.45) is 1.63. The molecule has 19 heavy (non-hydrogen) atoms. The van der Waals surface area contributed by atoms with Gasteiger partial charge in [0, 0.05) is 11.6 Å². The van der Waals surface area contributed by atoms with E-state index >= 15 is 0 Å². The van der Waals surface area contributed by atoms with E-state index in [9.17, 15) is 0 Å². The van der Waals surface area contributed by atoms with Crippen molar-refractivity contribution < 1.29 is 9.15 Å². The third-order valence-corrected chi connectivity index (χ3v) is 2.67. The fraction of sp³-hybridized carbons (Fsp3) is 0. The van der Waals surface area contributed by atoms with Crippen molar-refractivity contribution in [3.05, 3.63) is 59.9 Å². The van der Waals surface area contributed by atoms with Gasteiger partial charge in [0.2, 0.25) is 5.88 Å². The molecule has 0 saturated carbocycles. The van der Waals surface area contributed by atoms with Crippen LogP contribution in [0.3, 0.4) is 0 Å². The summed E-state index contributed by atoms with van der Waals surface area (Å²) in [7, 11) is 0. The molecule has 0 bridgehead atoms. The average Bonchev–Trinajstić information content (AvgIpc) is 2.96. The summed E-state index contributed by atoms with van der Waals surface area (Å²) in [5.74, 6) is 1.83. The lowest BCUT2D eigenvalue weighted by Crippen LogP contribution is -1.90. The van der Waals surface area contributed by atoms with E-state index in [1.165, 1.54) is 0 Å². The topological polar surface area (TPSA) is 48.2 Å². The number of hydrogen-bond donors (Lipinski definition) is 0. The number of halogens is 1. The van der Waals surface area contributed by atoms with Crippen molar-refractivity contribution in [2.45, 2.75) is 0 Å². The highest BCUT2D eigenvalue weighted by Crippen LogP contribution is 2.26.